The first-order chi connectivity index (χ1) is 11.1. The molecule has 1 aromatic rings. The van der Waals surface area contributed by atoms with Crippen LogP contribution >= 0.6 is 0 Å². The Hall–Kier alpha value is -1.67. The molecule has 0 aromatic heterocycles. The molecule has 0 fully saturated rings. The summed E-state index contributed by atoms with van der Waals surface area (Å²) in [6, 6.07) is 7.28. The maximum Gasteiger partial charge on any atom is 0.414 e. The van der Waals surface area contributed by atoms with Crippen molar-refractivity contribution in [3.05, 3.63) is 40.9 Å². The lowest BCUT2D eigenvalue weighted by atomic mass is 10.4. The Morgan fingerprint density at radius 3 is 2.04 bits per heavy atom. The number of amides is 1. The molecule has 0 saturated heterocycles. The highest BCUT2D eigenvalue weighted by molar-refractivity contribution is 7.95. The summed E-state index contributed by atoms with van der Waals surface area (Å²) >= 11 is 0. The molecule has 24 heavy (non-hydrogen) atoms. The summed E-state index contributed by atoms with van der Waals surface area (Å²) in [6.07, 6.45) is -0.740. The third-order valence-corrected chi connectivity index (χ3v) is 6.78. The monoisotopic (exact) mass is 373 g/mol. The number of carbonyl (C=O) groups excluding carboxylic acids is 1. The van der Waals surface area contributed by atoms with Gasteiger partial charge >= 0.3 is 6.09 Å². The highest BCUT2D eigenvalue weighted by Crippen LogP contribution is 2.29. The van der Waals surface area contributed by atoms with Crippen molar-refractivity contribution in [2.75, 3.05) is 13.1 Å². The van der Waals surface area contributed by atoms with E-state index in [9.17, 15) is 17.6 Å². The second kappa shape index (κ2) is 7.93. The molecule has 0 heterocycles. The molecule has 134 valence electrons. The average molecular weight is 374 g/mol. The lowest BCUT2D eigenvalue weighted by molar-refractivity contribution is 0.136. The van der Waals surface area contributed by atoms with Crippen LogP contribution in [0.3, 0.4) is 0 Å². The molecule has 1 aromatic carbocycles. The summed E-state index contributed by atoms with van der Waals surface area (Å²) in [5.41, 5.74) is 0. The van der Waals surface area contributed by atoms with Crippen LogP contribution in [-0.4, -0.2) is 40.6 Å². The van der Waals surface area contributed by atoms with Crippen molar-refractivity contribution in [1.82, 2.24) is 4.90 Å². The third-order valence-electron chi connectivity index (χ3n) is 3.36. The minimum atomic E-state index is -4.35. The van der Waals surface area contributed by atoms with E-state index < -0.39 is 29.2 Å². The summed E-state index contributed by atoms with van der Waals surface area (Å²) < 4.78 is 45.1. The maximum absolute atomic E-state index is 14.9. The van der Waals surface area contributed by atoms with E-state index in [1.165, 1.54) is 29.2 Å². The summed E-state index contributed by atoms with van der Waals surface area (Å²) in [6.45, 7) is 9.47. The van der Waals surface area contributed by atoms with Gasteiger partial charge in [0.25, 0.3) is 5.16 Å². The Labute approximate surface area is 144 Å². The molecule has 0 spiro atoms. The quantitative estimate of drug-likeness (QED) is 0.559. The molecule has 0 aliphatic carbocycles. The number of hydrogen-bond donors (Lipinski definition) is 0. The van der Waals surface area contributed by atoms with Gasteiger partial charge in [0, 0.05) is 13.1 Å². The van der Waals surface area contributed by atoms with E-state index >= 15 is 0 Å². The largest absolute Gasteiger partial charge is 0.416 e. The van der Waals surface area contributed by atoms with Gasteiger partial charge in [-0.05, 0) is 26.0 Å². The molecule has 0 atom stereocenters. The lowest BCUT2D eigenvalue weighted by Crippen LogP contribution is -2.36. The minimum absolute atomic E-state index is 0.169. The smallest absolute Gasteiger partial charge is 0.414 e. The van der Waals surface area contributed by atoms with Gasteiger partial charge < -0.3 is 9.64 Å². The summed E-state index contributed by atoms with van der Waals surface area (Å²) in [4.78, 5) is 13.4. The van der Waals surface area contributed by atoms with Crippen molar-refractivity contribution < 1.29 is 22.3 Å². The second-order valence-corrected chi connectivity index (χ2v) is 13.0. The van der Waals surface area contributed by atoms with Gasteiger partial charge in [0.1, 0.15) is 13.5 Å². The zero-order valence-electron chi connectivity index (χ0n) is 14.7. The number of benzene rings is 1. The average Bonchev–Trinajstić information content (AvgIpc) is 2.52. The van der Waals surface area contributed by atoms with Crippen molar-refractivity contribution in [2.45, 2.75) is 38.4 Å². The van der Waals surface area contributed by atoms with Crippen LogP contribution in [0.5, 0.6) is 0 Å². The molecule has 0 bridgehead atoms. The molecule has 0 radical (unpaired) electrons. The topological polar surface area (TPSA) is 63.7 Å². The van der Waals surface area contributed by atoms with Crippen molar-refractivity contribution >= 4 is 24.0 Å². The third kappa shape index (κ3) is 4.67. The molecule has 5 nitrogen and oxygen atoms in total. The van der Waals surface area contributed by atoms with Gasteiger partial charge in [0.2, 0.25) is 9.84 Å². The Balaban J connectivity index is 3.38. The van der Waals surface area contributed by atoms with Crippen LogP contribution < -0.4 is 0 Å². The van der Waals surface area contributed by atoms with Gasteiger partial charge in [-0.25, -0.2) is 13.2 Å². The van der Waals surface area contributed by atoms with Crippen LogP contribution in [0.25, 0.3) is 0 Å². The Bertz CT molecular complexity index is 707. The van der Waals surface area contributed by atoms with Crippen LogP contribution in [0.15, 0.2) is 45.8 Å². The van der Waals surface area contributed by atoms with Crippen molar-refractivity contribution in [3.63, 3.8) is 0 Å². The number of nitrogens with zero attached hydrogens (tertiary/aromatic N) is 1. The van der Waals surface area contributed by atoms with E-state index in [0.717, 1.165) is 0 Å². The first kappa shape index (κ1) is 20.4. The van der Waals surface area contributed by atoms with Crippen molar-refractivity contribution in [2.24, 2.45) is 0 Å². The van der Waals surface area contributed by atoms with Crippen molar-refractivity contribution in [1.29, 1.82) is 0 Å². The summed E-state index contributed by atoms with van der Waals surface area (Å²) in [5, 5.41) is -1.74. The van der Waals surface area contributed by atoms with E-state index in [1.807, 2.05) is 0 Å². The predicted molar refractivity (Wildman–Crippen MR) is 94.5 cm³/mol. The Kier molecular flexibility index (Phi) is 6.73. The molecule has 0 unspecified atom stereocenters. The lowest BCUT2D eigenvalue weighted by Gasteiger charge is -2.25. The maximum atomic E-state index is 14.9. The second-order valence-electron chi connectivity index (χ2n) is 6.21. The Morgan fingerprint density at radius 2 is 1.62 bits per heavy atom. The van der Waals surface area contributed by atoms with E-state index in [4.69, 9.17) is 4.74 Å². The van der Waals surface area contributed by atoms with Crippen LogP contribution in [0.4, 0.5) is 9.18 Å². The number of carbonyl (C=O) groups is 1. The van der Waals surface area contributed by atoms with Gasteiger partial charge in [-0.15, -0.1) is 0 Å². The SMILES string of the molecule is CCN(CC)C(=O)O/C(=C(/F)S(=O)(=O)c1ccccc1)[Si](C)(C)C. The zero-order chi connectivity index (χ0) is 18.5. The normalized spacial score (nSPS) is 13.2. The van der Waals surface area contributed by atoms with Crippen molar-refractivity contribution in [3.8, 4) is 0 Å². The number of ether oxygens (including phenoxy) is 1. The molecule has 8 heteroatoms. The summed E-state index contributed by atoms with van der Waals surface area (Å²) in [5.74, 6) is 0. The van der Waals surface area contributed by atoms with Gasteiger partial charge in [0.05, 0.1) is 4.90 Å². The number of halogens is 1. The van der Waals surface area contributed by atoms with E-state index in [1.54, 1.807) is 39.6 Å². The fourth-order valence-corrected chi connectivity index (χ4v) is 5.26. The number of sulfone groups is 1. The highest BCUT2D eigenvalue weighted by atomic mass is 32.2. The van der Waals surface area contributed by atoms with Gasteiger partial charge in [-0.3, -0.25) is 0 Å². The molecular formula is C16H24FNO4SSi. The fraction of sp³-hybridized carbons (Fsp3) is 0.438. The Morgan fingerprint density at radius 1 is 1.12 bits per heavy atom. The first-order valence-electron chi connectivity index (χ1n) is 7.72. The predicted octanol–water partition coefficient (Wildman–Crippen LogP) is 3.95. The highest BCUT2D eigenvalue weighted by Gasteiger charge is 2.35. The van der Waals surface area contributed by atoms with Crippen LogP contribution in [0, 0.1) is 0 Å². The van der Waals surface area contributed by atoms with Crippen LogP contribution in [0.1, 0.15) is 13.8 Å². The van der Waals surface area contributed by atoms with Gasteiger partial charge in [-0.1, -0.05) is 37.8 Å². The van der Waals surface area contributed by atoms with Crippen LogP contribution in [0.2, 0.25) is 19.6 Å². The fourth-order valence-electron chi connectivity index (χ4n) is 1.95. The standard InChI is InChI=1S/C16H24FNO4SSi/c1-6-18(7-2)16(19)22-15(24(3,4)5)14(17)23(20,21)13-11-9-8-10-12-13/h8-12H,6-7H2,1-5H3/b15-14+. The zero-order valence-corrected chi connectivity index (χ0v) is 16.5. The van der Waals surface area contributed by atoms with Gasteiger partial charge in [0.15, 0.2) is 0 Å². The molecule has 0 N–H and O–H groups in total. The van der Waals surface area contributed by atoms with E-state index in [-0.39, 0.29) is 10.3 Å². The number of hydrogen-bond acceptors (Lipinski definition) is 4. The molecule has 0 saturated carbocycles. The number of rotatable bonds is 6. The van der Waals surface area contributed by atoms with E-state index in [2.05, 4.69) is 0 Å². The van der Waals surface area contributed by atoms with Gasteiger partial charge in [-0.2, -0.15) is 4.39 Å². The molecular weight excluding hydrogens is 349 g/mol. The molecule has 0 aliphatic rings. The van der Waals surface area contributed by atoms with Crippen LogP contribution in [-0.2, 0) is 14.6 Å². The minimum Gasteiger partial charge on any atom is -0.416 e. The molecule has 1 rings (SSSR count). The molecule has 0 aliphatic heterocycles. The first-order valence-corrected chi connectivity index (χ1v) is 12.7. The summed E-state index contributed by atoms with van der Waals surface area (Å²) in [7, 11) is -6.92. The molecule has 1 amide bonds. The van der Waals surface area contributed by atoms with E-state index in [0.29, 0.717) is 13.1 Å².